The van der Waals surface area contributed by atoms with E-state index < -0.39 is 0 Å². The first-order valence-electron chi connectivity index (χ1n) is 9.14. The summed E-state index contributed by atoms with van der Waals surface area (Å²) in [5.74, 6) is 0.788. The molecule has 0 bridgehead atoms. The molecule has 2 amide bonds. The maximum atomic E-state index is 12.5. The van der Waals surface area contributed by atoms with E-state index in [9.17, 15) is 9.59 Å². The number of aryl methyl sites for hydroxylation is 1. The van der Waals surface area contributed by atoms with Gasteiger partial charge in [0.05, 0.1) is 13.7 Å². The molecule has 0 saturated carbocycles. The molecule has 1 saturated heterocycles. The second kappa shape index (κ2) is 9.97. The van der Waals surface area contributed by atoms with E-state index in [0.29, 0.717) is 32.7 Å². The molecule has 1 aliphatic rings. The molecule has 26 heavy (non-hydrogen) atoms. The zero-order valence-electron chi connectivity index (χ0n) is 16.0. The predicted molar refractivity (Wildman–Crippen MR) is 103 cm³/mol. The second-order valence-corrected chi connectivity index (χ2v) is 6.49. The van der Waals surface area contributed by atoms with E-state index in [1.54, 1.807) is 13.2 Å². The molecule has 1 aliphatic heterocycles. The monoisotopic (exact) mass is 359 g/mol. The molecule has 0 unspecified atom stereocenters. The van der Waals surface area contributed by atoms with Gasteiger partial charge in [0.2, 0.25) is 11.8 Å². The zero-order chi connectivity index (χ0) is 18.9. The van der Waals surface area contributed by atoms with Crippen LogP contribution in [-0.4, -0.2) is 68.0 Å². The van der Waals surface area contributed by atoms with Crippen molar-refractivity contribution >= 4 is 17.9 Å². The van der Waals surface area contributed by atoms with Gasteiger partial charge in [0, 0.05) is 44.4 Å². The summed E-state index contributed by atoms with van der Waals surface area (Å²) in [6, 6.07) is 5.89. The highest BCUT2D eigenvalue weighted by Crippen LogP contribution is 2.21. The summed E-state index contributed by atoms with van der Waals surface area (Å²) in [6.07, 6.45) is 4.29. The van der Waals surface area contributed by atoms with Gasteiger partial charge < -0.3 is 15.0 Å². The van der Waals surface area contributed by atoms with E-state index in [1.807, 2.05) is 43.0 Å². The lowest BCUT2D eigenvalue weighted by atomic mass is 10.1. The van der Waals surface area contributed by atoms with Crippen molar-refractivity contribution in [2.45, 2.75) is 20.3 Å². The van der Waals surface area contributed by atoms with E-state index in [-0.39, 0.29) is 11.8 Å². The van der Waals surface area contributed by atoms with Crippen LogP contribution in [0.25, 0.3) is 6.08 Å². The van der Waals surface area contributed by atoms with Crippen molar-refractivity contribution in [1.82, 2.24) is 15.1 Å². The van der Waals surface area contributed by atoms with Gasteiger partial charge in [0.1, 0.15) is 5.75 Å². The number of ether oxygens (including phenoxy) is 1. The van der Waals surface area contributed by atoms with Crippen LogP contribution >= 0.6 is 0 Å². The first kappa shape index (κ1) is 20.0. The average molecular weight is 359 g/mol. The predicted octanol–water partition coefficient (Wildman–Crippen LogP) is 1.69. The maximum Gasteiger partial charge on any atom is 0.246 e. The van der Waals surface area contributed by atoms with E-state index in [0.717, 1.165) is 29.8 Å². The van der Waals surface area contributed by atoms with Gasteiger partial charge in [0.25, 0.3) is 0 Å². The van der Waals surface area contributed by atoms with Gasteiger partial charge in [-0.3, -0.25) is 14.5 Å². The Bertz CT molecular complexity index is 658. The van der Waals surface area contributed by atoms with Crippen molar-refractivity contribution in [3.8, 4) is 5.75 Å². The van der Waals surface area contributed by atoms with Crippen LogP contribution in [-0.2, 0) is 9.59 Å². The van der Waals surface area contributed by atoms with Crippen molar-refractivity contribution in [1.29, 1.82) is 0 Å². The fourth-order valence-corrected chi connectivity index (χ4v) is 3.06. The van der Waals surface area contributed by atoms with Gasteiger partial charge in [-0.05, 0) is 38.5 Å². The molecular formula is C20H29N3O3. The van der Waals surface area contributed by atoms with Gasteiger partial charge in [-0.2, -0.15) is 0 Å². The molecule has 6 heteroatoms. The van der Waals surface area contributed by atoms with Gasteiger partial charge in [0.15, 0.2) is 0 Å². The summed E-state index contributed by atoms with van der Waals surface area (Å²) in [7, 11) is 1.63. The van der Waals surface area contributed by atoms with E-state index >= 15 is 0 Å². The smallest absolute Gasteiger partial charge is 0.246 e. The molecule has 1 N–H and O–H groups in total. The largest absolute Gasteiger partial charge is 0.496 e. The van der Waals surface area contributed by atoms with Crippen molar-refractivity contribution < 1.29 is 14.3 Å². The summed E-state index contributed by atoms with van der Waals surface area (Å²) in [5.41, 5.74) is 2.02. The standard InChI is InChI=1S/C20H29N3O3/c1-4-21-19(24)15-22-10-5-11-23(13-12-22)20(25)9-7-17-14-16(2)6-8-18(17)26-3/h6-9,14H,4-5,10-13,15H2,1-3H3,(H,21,24)/b9-7+. The highest BCUT2D eigenvalue weighted by molar-refractivity contribution is 5.92. The maximum absolute atomic E-state index is 12.5. The molecule has 1 aromatic rings. The Hall–Kier alpha value is -2.34. The minimum atomic E-state index is -0.00609. The first-order valence-corrected chi connectivity index (χ1v) is 9.14. The quantitative estimate of drug-likeness (QED) is 0.785. The number of likely N-dealkylation sites (N-methyl/N-ethyl adjacent to an activating group) is 1. The Morgan fingerprint density at radius 2 is 2.04 bits per heavy atom. The highest BCUT2D eigenvalue weighted by Gasteiger charge is 2.19. The number of rotatable bonds is 6. The van der Waals surface area contributed by atoms with Crippen molar-refractivity contribution in [2.75, 3.05) is 46.4 Å². The fourth-order valence-electron chi connectivity index (χ4n) is 3.06. The minimum Gasteiger partial charge on any atom is -0.496 e. The van der Waals surface area contributed by atoms with E-state index in [1.165, 1.54) is 0 Å². The molecule has 1 heterocycles. The first-order chi connectivity index (χ1) is 12.5. The topological polar surface area (TPSA) is 61.9 Å². The van der Waals surface area contributed by atoms with Crippen LogP contribution in [0.3, 0.4) is 0 Å². The summed E-state index contributed by atoms with van der Waals surface area (Å²) in [5, 5.41) is 2.82. The van der Waals surface area contributed by atoms with Crippen LogP contribution in [0.4, 0.5) is 0 Å². The van der Waals surface area contributed by atoms with E-state index in [4.69, 9.17) is 4.74 Å². The molecule has 0 radical (unpaired) electrons. The number of methoxy groups -OCH3 is 1. The summed E-state index contributed by atoms with van der Waals surface area (Å²) in [4.78, 5) is 28.2. The van der Waals surface area contributed by atoms with Crippen molar-refractivity contribution in [3.63, 3.8) is 0 Å². The molecule has 1 fully saturated rings. The fraction of sp³-hybridized carbons (Fsp3) is 0.500. The molecule has 0 spiro atoms. The van der Waals surface area contributed by atoms with Crippen LogP contribution < -0.4 is 10.1 Å². The van der Waals surface area contributed by atoms with Crippen LogP contribution in [0.5, 0.6) is 5.75 Å². The third-order valence-corrected chi connectivity index (χ3v) is 4.43. The Balaban J connectivity index is 1.94. The van der Waals surface area contributed by atoms with E-state index in [2.05, 4.69) is 10.2 Å². The number of carbonyl (C=O) groups excluding carboxylic acids is 2. The summed E-state index contributed by atoms with van der Waals surface area (Å²) < 4.78 is 5.35. The lowest BCUT2D eigenvalue weighted by Gasteiger charge is -2.20. The number of hydrogen-bond donors (Lipinski definition) is 1. The van der Waals surface area contributed by atoms with Crippen LogP contribution in [0.1, 0.15) is 24.5 Å². The number of amides is 2. The molecule has 0 aliphatic carbocycles. The summed E-state index contributed by atoms with van der Waals surface area (Å²) in [6.45, 7) is 7.85. The third kappa shape index (κ3) is 5.88. The van der Waals surface area contributed by atoms with Crippen molar-refractivity contribution in [2.24, 2.45) is 0 Å². The molecule has 2 rings (SSSR count). The second-order valence-electron chi connectivity index (χ2n) is 6.49. The lowest BCUT2D eigenvalue weighted by molar-refractivity contribution is -0.125. The number of carbonyl (C=O) groups is 2. The Kier molecular flexibility index (Phi) is 7.66. The highest BCUT2D eigenvalue weighted by atomic mass is 16.5. The molecular weight excluding hydrogens is 330 g/mol. The molecule has 142 valence electrons. The Labute approximate surface area is 155 Å². The Morgan fingerprint density at radius 1 is 1.23 bits per heavy atom. The van der Waals surface area contributed by atoms with Gasteiger partial charge >= 0.3 is 0 Å². The average Bonchev–Trinajstić information content (AvgIpc) is 2.85. The van der Waals surface area contributed by atoms with Crippen molar-refractivity contribution in [3.05, 3.63) is 35.4 Å². The minimum absolute atomic E-state index is 0.00609. The third-order valence-electron chi connectivity index (χ3n) is 4.43. The van der Waals surface area contributed by atoms with Crippen LogP contribution in [0, 0.1) is 6.92 Å². The lowest BCUT2D eigenvalue weighted by Crippen LogP contribution is -2.39. The normalized spacial score (nSPS) is 15.7. The molecule has 1 aromatic carbocycles. The Morgan fingerprint density at radius 3 is 2.77 bits per heavy atom. The number of nitrogens with zero attached hydrogens (tertiary/aromatic N) is 2. The summed E-state index contributed by atoms with van der Waals surface area (Å²) >= 11 is 0. The van der Waals surface area contributed by atoms with Gasteiger partial charge in [-0.25, -0.2) is 0 Å². The SMILES string of the molecule is CCNC(=O)CN1CCCN(C(=O)/C=C/c2cc(C)ccc2OC)CC1. The van der Waals surface area contributed by atoms with Crippen LogP contribution in [0.2, 0.25) is 0 Å². The molecule has 0 atom stereocenters. The van der Waals surface area contributed by atoms with Crippen LogP contribution in [0.15, 0.2) is 24.3 Å². The molecule has 6 nitrogen and oxygen atoms in total. The zero-order valence-corrected chi connectivity index (χ0v) is 16.0. The number of nitrogens with one attached hydrogen (secondary N) is 1. The number of hydrogen-bond acceptors (Lipinski definition) is 4. The number of benzene rings is 1. The molecule has 0 aromatic heterocycles. The van der Waals surface area contributed by atoms with Gasteiger partial charge in [-0.1, -0.05) is 11.6 Å². The van der Waals surface area contributed by atoms with Gasteiger partial charge in [-0.15, -0.1) is 0 Å².